The second kappa shape index (κ2) is 3.83. The lowest BCUT2D eigenvalue weighted by Crippen LogP contribution is -1.83. The maximum Gasteiger partial charge on any atom is 0.141 e. The van der Waals surface area contributed by atoms with Gasteiger partial charge >= 0.3 is 0 Å². The Balaban J connectivity index is 2.78. The molecule has 0 radical (unpaired) electrons. The van der Waals surface area contributed by atoms with Gasteiger partial charge in [0.15, 0.2) is 0 Å². The van der Waals surface area contributed by atoms with Crippen molar-refractivity contribution in [1.82, 2.24) is 0 Å². The van der Waals surface area contributed by atoms with Gasteiger partial charge in [-0.1, -0.05) is 0 Å². The number of halogens is 2. The molecular formula is C10H5FINS. The zero-order valence-electron chi connectivity index (χ0n) is 7.05. The predicted molar refractivity (Wildman–Crippen MR) is 63.8 cm³/mol. The summed E-state index contributed by atoms with van der Waals surface area (Å²) in [5.41, 5.74) is 0.927. The van der Waals surface area contributed by atoms with Gasteiger partial charge in [-0.05, 0) is 45.7 Å². The summed E-state index contributed by atoms with van der Waals surface area (Å²) in [6, 6.07) is 5.30. The van der Waals surface area contributed by atoms with Gasteiger partial charge in [0.05, 0.1) is 17.2 Å². The lowest BCUT2D eigenvalue weighted by Gasteiger charge is -1.97. The van der Waals surface area contributed by atoms with Crippen LogP contribution in [0.1, 0.15) is 5.56 Å². The van der Waals surface area contributed by atoms with Crippen molar-refractivity contribution in [1.29, 1.82) is 5.26 Å². The molecule has 0 aliphatic rings. The van der Waals surface area contributed by atoms with Crippen LogP contribution in [-0.2, 0) is 6.42 Å². The number of hydrogen-bond donors (Lipinski definition) is 0. The van der Waals surface area contributed by atoms with Gasteiger partial charge in [-0.15, -0.1) is 11.3 Å². The number of nitrogens with zero attached hydrogens (tertiary/aromatic N) is 1. The minimum Gasteiger partial charge on any atom is -0.205 e. The van der Waals surface area contributed by atoms with E-state index in [0.717, 1.165) is 14.5 Å². The molecule has 0 N–H and O–H groups in total. The molecule has 0 aliphatic carbocycles. The van der Waals surface area contributed by atoms with Crippen LogP contribution in [0.5, 0.6) is 0 Å². The van der Waals surface area contributed by atoms with Crippen LogP contribution in [0.25, 0.3) is 10.1 Å². The van der Waals surface area contributed by atoms with Crippen molar-refractivity contribution in [2.45, 2.75) is 6.42 Å². The molecule has 0 fully saturated rings. The van der Waals surface area contributed by atoms with E-state index in [0.29, 0.717) is 11.1 Å². The highest BCUT2D eigenvalue weighted by atomic mass is 127. The standard InChI is InChI=1S/C10H5FINS/c11-7-1-2-8(12)9-6(3-4-13)5-14-10(7)9/h1-2,5H,3H2. The Bertz CT molecular complexity index is 527. The summed E-state index contributed by atoms with van der Waals surface area (Å²) in [4.78, 5) is 0. The topological polar surface area (TPSA) is 23.8 Å². The summed E-state index contributed by atoms with van der Waals surface area (Å²) < 4.78 is 15.0. The van der Waals surface area contributed by atoms with Gasteiger partial charge in [-0.3, -0.25) is 0 Å². The molecule has 0 amide bonds. The zero-order valence-corrected chi connectivity index (χ0v) is 10.0. The van der Waals surface area contributed by atoms with E-state index in [1.54, 1.807) is 6.07 Å². The third kappa shape index (κ3) is 1.51. The van der Waals surface area contributed by atoms with Crippen LogP contribution in [0.3, 0.4) is 0 Å². The quantitative estimate of drug-likeness (QED) is 0.736. The molecule has 14 heavy (non-hydrogen) atoms. The predicted octanol–water partition coefficient (Wildman–Crippen LogP) is 3.71. The molecule has 4 heteroatoms. The van der Waals surface area contributed by atoms with Crippen molar-refractivity contribution in [3.63, 3.8) is 0 Å². The van der Waals surface area contributed by atoms with Crippen molar-refractivity contribution in [3.05, 3.63) is 32.5 Å². The highest BCUT2D eigenvalue weighted by molar-refractivity contribution is 14.1. The molecule has 0 atom stereocenters. The highest BCUT2D eigenvalue weighted by Gasteiger charge is 2.10. The second-order valence-corrected chi connectivity index (χ2v) is 4.87. The van der Waals surface area contributed by atoms with E-state index in [2.05, 4.69) is 28.7 Å². The fourth-order valence-corrected chi connectivity index (χ4v) is 3.33. The Morgan fingerprint density at radius 1 is 1.50 bits per heavy atom. The SMILES string of the molecule is N#CCc1csc2c(F)ccc(I)c12. The third-order valence-corrected chi connectivity index (χ3v) is 3.90. The third-order valence-electron chi connectivity index (χ3n) is 1.97. The van der Waals surface area contributed by atoms with Gasteiger partial charge in [0.1, 0.15) is 5.82 Å². The maximum absolute atomic E-state index is 13.3. The number of benzene rings is 1. The van der Waals surface area contributed by atoms with Gasteiger partial charge in [-0.25, -0.2) is 4.39 Å². The number of rotatable bonds is 1. The smallest absolute Gasteiger partial charge is 0.141 e. The first-order valence-electron chi connectivity index (χ1n) is 3.95. The van der Waals surface area contributed by atoms with Gasteiger partial charge in [-0.2, -0.15) is 5.26 Å². The molecule has 0 aliphatic heterocycles. The molecule has 2 aromatic rings. The molecule has 0 unspecified atom stereocenters. The van der Waals surface area contributed by atoms with Crippen LogP contribution in [0.2, 0.25) is 0 Å². The van der Waals surface area contributed by atoms with Crippen LogP contribution >= 0.6 is 33.9 Å². The Kier molecular flexibility index (Phi) is 2.70. The van der Waals surface area contributed by atoms with Gasteiger partial charge in [0.25, 0.3) is 0 Å². The maximum atomic E-state index is 13.3. The average Bonchev–Trinajstić information content (AvgIpc) is 2.58. The van der Waals surface area contributed by atoms with E-state index in [9.17, 15) is 4.39 Å². The summed E-state index contributed by atoms with van der Waals surface area (Å²) in [5, 5.41) is 11.4. The molecule has 1 nitrogen and oxygen atoms in total. The summed E-state index contributed by atoms with van der Waals surface area (Å²) in [6.07, 6.45) is 0.347. The van der Waals surface area contributed by atoms with Crippen molar-refractivity contribution in [2.24, 2.45) is 0 Å². The number of fused-ring (bicyclic) bond motifs is 1. The molecule has 0 saturated heterocycles. The summed E-state index contributed by atoms with van der Waals surface area (Å²) in [6.45, 7) is 0. The monoisotopic (exact) mass is 317 g/mol. The lowest BCUT2D eigenvalue weighted by molar-refractivity contribution is 0.641. The highest BCUT2D eigenvalue weighted by Crippen LogP contribution is 2.32. The summed E-state index contributed by atoms with van der Waals surface area (Å²) in [5.74, 6) is -0.199. The fourth-order valence-electron chi connectivity index (χ4n) is 1.35. The van der Waals surface area contributed by atoms with Crippen molar-refractivity contribution in [3.8, 4) is 6.07 Å². The molecule has 0 bridgehead atoms. The largest absolute Gasteiger partial charge is 0.205 e. The number of thiophene rings is 1. The first kappa shape index (κ1) is 9.87. The van der Waals surface area contributed by atoms with Crippen LogP contribution in [-0.4, -0.2) is 0 Å². The molecular weight excluding hydrogens is 312 g/mol. The van der Waals surface area contributed by atoms with Crippen LogP contribution in [0.4, 0.5) is 4.39 Å². The van der Waals surface area contributed by atoms with E-state index in [1.807, 2.05) is 5.38 Å². The van der Waals surface area contributed by atoms with Crippen molar-refractivity contribution in [2.75, 3.05) is 0 Å². The van der Waals surface area contributed by atoms with E-state index < -0.39 is 0 Å². The fraction of sp³-hybridized carbons (Fsp3) is 0.100. The van der Waals surface area contributed by atoms with Crippen LogP contribution in [0.15, 0.2) is 17.5 Å². The normalized spacial score (nSPS) is 10.4. The minimum atomic E-state index is -0.199. The lowest BCUT2D eigenvalue weighted by atomic mass is 10.1. The summed E-state index contributed by atoms with van der Waals surface area (Å²) in [7, 11) is 0. The second-order valence-electron chi connectivity index (χ2n) is 2.83. The Morgan fingerprint density at radius 2 is 2.29 bits per heavy atom. The van der Waals surface area contributed by atoms with E-state index >= 15 is 0 Å². The van der Waals surface area contributed by atoms with Crippen LogP contribution < -0.4 is 0 Å². The van der Waals surface area contributed by atoms with Crippen LogP contribution in [0, 0.1) is 20.7 Å². The Hall–Kier alpha value is -0.670. The minimum absolute atomic E-state index is 0.199. The average molecular weight is 317 g/mol. The molecule has 1 heterocycles. The first-order chi connectivity index (χ1) is 6.74. The van der Waals surface area contributed by atoms with Gasteiger partial charge < -0.3 is 0 Å². The van der Waals surface area contributed by atoms with E-state index in [1.165, 1.54) is 17.4 Å². The zero-order chi connectivity index (χ0) is 10.1. The first-order valence-corrected chi connectivity index (χ1v) is 5.91. The van der Waals surface area contributed by atoms with Gasteiger partial charge in [0.2, 0.25) is 0 Å². The Morgan fingerprint density at radius 3 is 3.00 bits per heavy atom. The van der Waals surface area contributed by atoms with Crippen molar-refractivity contribution < 1.29 is 4.39 Å². The Labute approximate surface area is 98.3 Å². The number of nitriles is 1. The summed E-state index contributed by atoms with van der Waals surface area (Å²) >= 11 is 3.53. The molecule has 1 aromatic carbocycles. The van der Waals surface area contributed by atoms with Crippen molar-refractivity contribution >= 4 is 44.0 Å². The molecule has 70 valence electrons. The molecule has 2 rings (SSSR count). The molecule has 0 saturated carbocycles. The molecule has 0 spiro atoms. The van der Waals surface area contributed by atoms with E-state index in [-0.39, 0.29) is 5.82 Å². The molecule has 1 aromatic heterocycles. The van der Waals surface area contributed by atoms with Gasteiger partial charge in [0, 0.05) is 8.96 Å². The number of hydrogen-bond acceptors (Lipinski definition) is 2. The van der Waals surface area contributed by atoms with E-state index in [4.69, 9.17) is 5.26 Å².